The molecule has 0 radical (unpaired) electrons. The SMILES string of the molecule is CCC1CN(C)CCCN1Cc1cc(C#CCCO)cs1. The molecule has 1 saturated heterocycles. The average molecular weight is 306 g/mol. The van der Waals surface area contributed by atoms with Gasteiger partial charge in [-0.25, -0.2) is 0 Å². The van der Waals surface area contributed by atoms with E-state index < -0.39 is 0 Å². The molecular weight excluding hydrogens is 280 g/mol. The number of aliphatic hydroxyl groups is 1. The van der Waals surface area contributed by atoms with Crippen molar-refractivity contribution in [1.29, 1.82) is 0 Å². The van der Waals surface area contributed by atoms with Gasteiger partial charge in [-0.2, -0.15) is 0 Å². The number of hydrogen-bond donors (Lipinski definition) is 1. The van der Waals surface area contributed by atoms with Gasteiger partial charge in [-0.1, -0.05) is 18.8 Å². The monoisotopic (exact) mass is 306 g/mol. The van der Waals surface area contributed by atoms with Crippen LogP contribution in [0.15, 0.2) is 11.4 Å². The lowest BCUT2D eigenvalue weighted by Crippen LogP contribution is -2.39. The van der Waals surface area contributed by atoms with Crippen LogP contribution in [0.4, 0.5) is 0 Å². The molecule has 1 aromatic rings. The molecule has 2 heterocycles. The molecular formula is C17H26N2OS. The molecule has 2 rings (SSSR count). The van der Waals surface area contributed by atoms with E-state index in [1.165, 1.54) is 37.4 Å². The van der Waals surface area contributed by atoms with Crippen LogP contribution in [0.3, 0.4) is 0 Å². The van der Waals surface area contributed by atoms with Crippen molar-refractivity contribution in [1.82, 2.24) is 9.80 Å². The fourth-order valence-corrected chi connectivity index (χ4v) is 3.68. The van der Waals surface area contributed by atoms with Gasteiger partial charge < -0.3 is 10.0 Å². The molecule has 1 aromatic heterocycles. The highest BCUT2D eigenvalue weighted by atomic mass is 32.1. The van der Waals surface area contributed by atoms with Gasteiger partial charge in [0.1, 0.15) is 0 Å². The first-order valence-electron chi connectivity index (χ1n) is 7.82. The summed E-state index contributed by atoms with van der Waals surface area (Å²) in [5.41, 5.74) is 1.09. The maximum atomic E-state index is 8.76. The maximum Gasteiger partial charge on any atom is 0.0540 e. The average Bonchev–Trinajstić information content (AvgIpc) is 2.83. The molecule has 1 aliphatic heterocycles. The number of likely N-dealkylation sites (N-methyl/N-ethyl adjacent to an activating group) is 1. The largest absolute Gasteiger partial charge is 0.395 e. The number of nitrogens with zero attached hydrogens (tertiary/aromatic N) is 2. The lowest BCUT2D eigenvalue weighted by molar-refractivity contribution is 0.177. The topological polar surface area (TPSA) is 26.7 Å². The van der Waals surface area contributed by atoms with Gasteiger partial charge in [0.15, 0.2) is 0 Å². The van der Waals surface area contributed by atoms with Crippen molar-refractivity contribution in [2.45, 2.75) is 38.8 Å². The first kappa shape index (κ1) is 16.5. The Bertz CT molecular complexity index is 488. The van der Waals surface area contributed by atoms with Crippen LogP contribution in [0.5, 0.6) is 0 Å². The van der Waals surface area contributed by atoms with E-state index in [-0.39, 0.29) is 6.61 Å². The molecule has 0 bridgehead atoms. The quantitative estimate of drug-likeness (QED) is 0.865. The van der Waals surface area contributed by atoms with E-state index in [1.54, 1.807) is 11.3 Å². The lowest BCUT2D eigenvalue weighted by atomic mass is 10.2. The first-order chi connectivity index (χ1) is 10.2. The summed E-state index contributed by atoms with van der Waals surface area (Å²) in [6, 6.07) is 2.86. The highest BCUT2D eigenvalue weighted by Gasteiger charge is 2.22. The van der Waals surface area contributed by atoms with Gasteiger partial charge in [-0.3, -0.25) is 4.90 Å². The Morgan fingerprint density at radius 3 is 3.05 bits per heavy atom. The predicted molar refractivity (Wildman–Crippen MR) is 89.5 cm³/mol. The molecule has 1 unspecified atom stereocenters. The smallest absolute Gasteiger partial charge is 0.0540 e. The summed E-state index contributed by atoms with van der Waals surface area (Å²) in [4.78, 5) is 6.47. The zero-order valence-corrected chi connectivity index (χ0v) is 14.0. The van der Waals surface area contributed by atoms with E-state index in [9.17, 15) is 0 Å². The summed E-state index contributed by atoms with van der Waals surface area (Å²) in [6.07, 6.45) is 3.02. The van der Waals surface area contributed by atoms with Gasteiger partial charge in [0, 0.05) is 47.9 Å². The van der Waals surface area contributed by atoms with Gasteiger partial charge >= 0.3 is 0 Å². The number of thiophene rings is 1. The second-order valence-corrected chi connectivity index (χ2v) is 6.72. The van der Waals surface area contributed by atoms with Crippen molar-refractivity contribution >= 4 is 11.3 Å². The Morgan fingerprint density at radius 1 is 1.43 bits per heavy atom. The van der Waals surface area contributed by atoms with Gasteiger partial charge in [0.2, 0.25) is 0 Å². The molecule has 0 aliphatic carbocycles. The molecule has 1 atom stereocenters. The second kappa shape index (κ2) is 8.55. The Kier molecular flexibility index (Phi) is 6.72. The zero-order chi connectivity index (χ0) is 15.1. The van der Waals surface area contributed by atoms with Gasteiger partial charge in [-0.15, -0.1) is 11.3 Å². The van der Waals surface area contributed by atoms with Crippen molar-refractivity contribution in [3.05, 3.63) is 21.9 Å². The van der Waals surface area contributed by atoms with Crippen LogP contribution in [0, 0.1) is 11.8 Å². The third kappa shape index (κ3) is 5.12. The minimum Gasteiger partial charge on any atom is -0.395 e. The summed E-state index contributed by atoms with van der Waals surface area (Å²) < 4.78 is 0. The van der Waals surface area contributed by atoms with E-state index in [4.69, 9.17) is 5.11 Å². The van der Waals surface area contributed by atoms with Crippen LogP contribution < -0.4 is 0 Å². The highest BCUT2D eigenvalue weighted by molar-refractivity contribution is 7.10. The van der Waals surface area contributed by atoms with Crippen LogP contribution >= 0.6 is 11.3 Å². The predicted octanol–water partition coefficient (Wildman–Crippen LogP) is 2.40. The Balaban J connectivity index is 1.98. The summed E-state index contributed by atoms with van der Waals surface area (Å²) in [7, 11) is 2.23. The van der Waals surface area contributed by atoms with E-state index >= 15 is 0 Å². The number of rotatable bonds is 4. The van der Waals surface area contributed by atoms with Crippen LogP contribution in [0.2, 0.25) is 0 Å². The van der Waals surface area contributed by atoms with E-state index in [2.05, 4.69) is 47.1 Å². The fourth-order valence-electron chi connectivity index (χ4n) is 2.84. The number of hydrogen-bond acceptors (Lipinski definition) is 4. The maximum absolute atomic E-state index is 8.76. The second-order valence-electron chi connectivity index (χ2n) is 5.73. The van der Waals surface area contributed by atoms with Gasteiger partial charge in [-0.05, 0) is 32.5 Å². The third-order valence-corrected chi connectivity index (χ3v) is 4.90. The minimum absolute atomic E-state index is 0.142. The van der Waals surface area contributed by atoms with E-state index in [0.29, 0.717) is 12.5 Å². The van der Waals surface area contributed by atoms with Crippen LogP contribution in [-0.4, -0.2) is 54.2 Å². The van der Waals surface area contributed by atoms with Crippen LogP contribution in [0.25, 0.3) is 0 Å². The lowest BCUT2D eigenvalue weighted by Gasteiger charge is -2.29. The molecule has 4 heteroatoms. The van der Waals surface area contributed by atoms with E-state index in [0.717, 1.165) is 12.1 Å². The Morgan fingerprint density at radius 2 is 2.29 bits per heavy atom. The Hall–Kier alpha value is -0.860. The van der Waals surface area contributed by atoms with Crippen molar-refractivity contribution in [2.75, 3.05) is 33.3 Å². The zero-order valence-electron chi connectivity index (χ0n) is 13.1. The summed E-state index contributed by atoms with van der Waals surface area (Å²) in [5, 5.41) is 10.9. The molecule has 3 nitrogen and oxygen atoms in total. The van der Waals surface area contributed by atoms with Crippen molar-refractivity contribution in [3.63, 3.8) is 0 Å². The summed E-state index contributed by atoms with van der Waals surface area (Å²) >= 11 is 1.80. The Labute approximate surface area is 132 Å². The van der Waals surface area contributed by atoms with Crippen LogP contribution in [-0.2, 0) is 6.54 Å². The molecule has 0 saturated carbocycles. The normalized spacial score (nSPS) is 20.8. The molecule has 1 N–H and O–H groups in total. The summed E-state index contributed by atoms with van der Waals surface area (Å²) in [6.45, 7) is 7.03. The number of aliphatic hydroxyl groups excluding tert-OH is 1. The van der Waals surface area contributed by atoms with E-state index in [1.807, 2.05) is 0 Å². The molecule has 0 amide bonds. The molecule has 21 heavy (non-hydrogen) atoms. The summed E-state index contributed by atoms with van der Waals surface area (Å²) in [5.74, 6) is 6.11. The molecule has 1 aliphatic rings. The highest BCUT2D eigenvalue weighted by Crippen LogP contribution is 2.20. The van der Waals surface area contributed by atoms with Crippen molar-refractivity contribution < 1.29 is 5.11 Å². The van der Waals surface area contributed by atoms with Gasteiger partial charge in [0.05, 0.1) is 6.61 Å². The fraction of sp³-hybridized carbons (Fsp3) is 0.647. The first-order valence-corrected chi connectivity index (χ1v) is 8.70. The standard InChI is InChI=1S/C17H26N2OS/c1-3-16-12-18(2)8-6-9-19(16)13-17-11-15(14-21-17)7-4-5-10-20/h11,14,16,20H,3,5-6,8-10,12-13H2,1-2H3. The van der Waals surface area contributed by atoms with Crippen LogP contribution in [0.1, 0.15) is 36.6 Å². The molecule has 0 aromatic carbocycles. The minimum atomic E-state index is 0.142. The molecule has 0 spiro atoms. The van der Waals surface area contributed by atoms with Crippen molar-refractivity contribution in [2.24, 2.45) is 0 Å². The molecule has 116 valence electrons. The van der Waals surface area contributed by atoms with Gasteiger partial charge in [0.25, 0.3) is 0 Å². The van der Waals surface area contributed by atoms with Crippen molar-refractivity contribution in [3.8, 4) is 11.8 Å². The third-order valence-electron chi connectivity index (χ3n) is 3.98. The molecule has 1 fully saturated rings.